The first-order chi connectivity index (χ1) is 17.1. The molecule has 2 unspecified atom stereocenters. The lowest BCUT2D eigenvalue weighted by atomic mass is 9.60. The van der Waals surface area contributed by atoms with Crippen LogP contribution in [-0.4, -0.2) is 24.0 Å². The summed E-state index contributed by atoms with van der Waals surface area (Å²) in [4.78, 5) is 2.59. The predicted molar refractivity (Wildman–Crippen MR) is 142 cm³/mol. The maximum Gasteiger partial charge on any atom is 0.123 e. The summed E-state index contributed by atoms with van der Waals surface area (Å²) in [5.41, 5.74) is 3.18. The van der Waals surface area contributed by atoms with Gasteiger partial charge in [-0.1, -0.05) is 79.2 Å². The van der Waals surface area contributed by atoms with Crippen molar-refractivity contribution in [2.45, 2.75) is 63.3 Å². The first-order valence-electron chi connectivity index (χ1n) is 13.1. The highest BCUT2D eigenvalue weighted by molar-refractivity contribution is 5.35. The Balaban J connectivity index is 1.47. The number of hydrogen-bond donors (Lipinski definition) is 0. The first kappa shape index (κ1) is 25.1. The number of rotatable bonds is 12. The van der Waals surface area contributed by atoms with Crippen LogP contribution >= 0.6 is 0 Å². The summed E-state index contributed by atoms with van der Waals surface area (Å²) in [5, 5.41) is 10.4. The minimum absolute atomic E-state index is 0.240. The van der Waals surface area contributed by atoms with Crippen molar-refractivity contribution in [3.8, 4) is 6.07 Å². The smallest absolute Gasteiger partial charge is 0.123 e. The minimum Gasteiger partial charge on any atom is -0.300 e. The van der Waals surface area contributed by atoms with Crippen LogP contribution < -0.4 is 0 Å². The van der Waals surface area contributed by atoms with Gasteiger partial charge in [-0.05, 0) is 80.2 Å². The molecular weight excluding hydrogens is 431 g/mol. The third kappa shape index (κ3) is 6.38. The maximum absolute atomic E-state index is 13.7. The number of benzene rings is 3. The lowest BCUT2D eigenvalue weighted by Gasteiger charge is -2.42. The topological polar surface area (TPSA) is 27.0 Å². The van der Waals surface area contributed by atoms with Crippen molar-refractivity contribution in [3.63, 3.8) is 0 Å². The maximum atomic E-state index is 13.7. The van der Waals surface area contributed by atoms with E-state index >= 15 is 0 Å². The fraction of sp³-hybridized carbons (Fsp3) is 0.406. The molecule has 0 heterocycles. The highest BCUT2D eigenvalue weighted by Gasteiger charge is 2.43. The summed E-state index contributed by atoms with van der Waals surface area (Å²) in [5.74, 6) is 0.128. The molecule has 0 spiro atoms. The molecular formula is C32H37FN2. The molecule has 4 rings (SSSR count). The summed E-state index contributed by atoms with van der Waals surface area (Å²) in [6.45, 7) is 4.30. The predicted octanol–water partition coefficient (Wildman–Crippen LogP) is 7.34. The van der Waals surface area contributed by atoms with Crippen LogP contribution in [0.2, 0.25) is 0 Å². The number of nitriles is 1. The lowest BCUT2D eigenvalue weighted by Crippen LogP contribution is -2.41. The SMILES string of the molecule is CC(CCC(C#N)(c1ccc(F)cc1)C1CCC1)N(CCc1ccccc1)CCc1ccccc1. The van der Waals surface area contributed by atoms with Crippen molar-refractivity contribution in [2.24, 2.45) is 5.92 Å². The number of halogens is 1. The molecule has 0 bridgehead atoms. The van der Waals surface area contributed by atoms with Gasteiger partial charge in [-0.15, -0.1) is 0 Å². The average Bonchev–Trinajstić information content (AvgIpc) is 2.87. The van der Waals surface area contributed by atoms with Gasteiger partial charge in [0.2, 0.25) is 0 Å². The summed E-state index contributed by atoms with van der Waals surface area (Å²) < 4.78 is 13.7. The second kappa shape index (κ2) is 12.1. The van der Waals surface area contributed by atoms with Gasteiger partial charge in [0.15, 0.2) is 0 Å². The molecule has 0 aliphatic heterocycles. The molecule has 3 aromatic carbocycles. The van der Waals surface area contributed by atoms with Crippen molar-refractivity contribution >= 4 is 0 Å². The Kier molecular flexibility index (Phi) is 8.72. The van der Waals surface area contributed by atoms with Crippen LogP contribution in [0.25, 0.3) is 0 Å². The fourth-order valence-electron chi connectivity index (χ4n) is 5.45. The van der Waals surface area contributed by atoms with Crippen molar-refractivity contribution in [1.82, 2.24) is 4.90 Å². The largest absolute Gasteiger partial charge is 0.300 e. The quantitative estimate of drug-likeness (QED) is 0.278. The third-order valence-electron chi connectivity index (χ3n) is 8.00. The second-order valence-corrected chi connectivity index (χ2v) is 10.1. The normalized spacial score (nSPS) is 16.3. The van der Waals surface area contributed by atoms with E-state index in [4.69, 9.17) is 0 Å². The van der Waals surface area contributed by atoms with E-state index in [1.165, 1.54) is 29.7 Å². The molecule has 1 aliphatic rings. The molecule has 0 amide bonds. The van der Waals surface area contributed by atoms with Crippen LogP contribution in [0.15, 0.2) is 84.9 Å². The van der Waals surface area contributed by atoms with Crippen LogP contribution in [0.3, 0.4) is 0 Å². The summed E-state index contributed by atoms with van der Waals surface area (Å²) in [6.07, 6.45) is 7.16. The first-order valence-corrected chi connectivity index (χ1v) is 13.1. The molecule has 0 radical (unpaired) electrons. The van der Waals surface area contributed by atoms with Crippen LogP contribution in [0.1, 0.15) is 55.7 Å². The lowest BCUT2D eigenvalue weighted by molar-refractivity contribution is 0.159. The van der Waals surface area contributed by atoms with Crippen LogP contribution in [0.5, 0.6) is 0 Å². The zero-order valence-corrected chi connectivity index (χ0v) is 20.9. The summed E-state index contributed by atoms with van der Waals surface area (Å²) in [6, 6.07) is 31.1. The molecule has 2 atom stereocenters. The highest BCUT2D eigenvalue weighted by Crippen LogP contribution is 2.47. The molecule has 2 nitrogen and oxygen atoms in total. The van der Waals surface area contributed by atoms with Gasteiger partial charge in [0, 0.05) is 19.1 Å². The van der Waals surface area contributed by atoms with E-state index in [9.17, 15) is 9.65 Å². The van der Waals surface area contributed by atoms with Crippen molar-refractivity contribution in [2.75, 3.05) is 13.1 Å². The molecule has 1 fully saturated rings. The highest BCUT2D eigenvalue weighted by atomic mass is 19.1. The van der Waals surface area contributed by atoms with E-state index in [-0.39, 0.29) is 5.82 Å². The van der Waals surface area contributed by atoms with Crippen LogP contribution in [0, 0.1) is 23.1 Å². The zero-order valence-electron chi connectivity index (χ0n) is 20.9. The van der Waals surface area contributed by atoms with Gasteiger partial charge in [0.05, 0.1) is 11.5 Å². The molecule has 0 N–H and O–H groups in total. The minimum atomic E-state index is -0.523. The van der Waals surface area contributed by atoms with Gasteiger partial charge in [0.1, 0.15) is 5.82 Å². The van der Waals surface area contributed by atoms with Crippen molar-refractivity contribution in [3.05, 3.63) is 107 Å². The molecule has 1 aliphatic carbocycles. The molecule has 3 aromatic rings. The van der Waals surface area contributed by atoms with E-state index in [0.29, 0.717) is 12.0 Å². The molecule has 1 saturated carbocycles. The van der Waals surface area contributed by atoms with E-state index in [0.717, 1.165) is 57.2 Å². The van der Waals surface area contributed by atoms with Crippen molar-refractivity contribution in [1.29, 1.82) is 5.26 Å². The molecule has 0 saturated heterocycles. The summed E-state index contributed by atoms with van der Waals surface area (Å²) >= 11 is 0. The second-order valence-electron chi connectivity index (χ2n) is 10.1. The van der Waals surface area contributed by atoms with Gasteiger partial charge in [-0.2, -0.15) is 5.26 Å². The van der Waals surface area contributed by atoms with E-state index in [1.807, 2.05) is 12.1 Å². The Labute approximate surface area is 210 Å². The van der Waals surface area contributed by atoms with Crippen molar-refractivity contribution < 1.29 is 4.39 Å². The molecule has 3 heteroatoms. The van der Waals surface area contributed by atoms with Gasteiger partial charge >= 0.3 is 0 Å². The Bertz CT molecular complexity index is 1030. The zero-order chi connectivity index (χ0) is 24.5. The van der Waals surface area contributed by atoms with Gasteiger partial charge in [-0.3, -0.25) is 0 Å². The Morgan fingerprint density at radius 2 is 1.43 bits per heavy atom. The van der Waals surface area contributed by atoms with Gasteiger partial charge in [0.25, 0.3) is 0 Å². The third-order valence-corrected chi connectivity index (χ3v) is 8.00. The van der Waals surface area contributed by atoms with Gasteiger partial charge in [-0.25, -0.2) is 4.39 Å². The Morgan fingerprint density at radius 1 is 0.886 bits per heavy atom. The molecule has 35 heavy (non-hydrogen) atoms. The van der Waals surface area contributed by atoms with E-state index in [1.54, 1.807) is 0 Å². The van der Waals surface area contributed by atoms with Crippen LogP contribution in [-0.2, 0) is 18.3 Å². The fourth-order valence-corrected chi connectivity index (χ4v) is 5.45. The summed E-state index contributed by atoms with van der Waals surface area (Å²) in [7, 11) is 0. The Morgan fingerprint density at radius 3 is 1.89 bits per heavy atom. The monoisotopic (exact) mass is 468 g/mol. The van der Waals surface area contributed by atoms with E-state index in [2.05, 4.69) is 78.6 Å². The number of hydrogen-bond acceptors (Lipinski definition) is 2. The van der Waals surface area contributed by atoms with E-state index < -0.39 is 5.41 Å². The Hall–Kier alpha value is -2.96. The molecule has 0 aromatic heterocycles. The molecule has 182 valence electrons. The number of nitrogens with zero attached hydrogens (tertiary/aromatic N) is 2. The van der Waals surface area contributed by atoms with Gasteiger partial charge < -0.3 is 4.90 Å². The average molecular weight is 469 g/mol. The standard InChI is InChI=1S/C32H37FN2/c1-26(19-22-32(25-34,29-13-8-14-29)30-15-17-31(33)18-16-30)35(23-20-27-9-4-2-5-10-27)24-21-28-11-6-3-7-12-28/h2-7,9-12,15-18,26,29H,8,13-14,19-24H2,1H3. The van der Waals surface area contributed by atoms with Crippen LogP contribution in [0.4, 0.5) is 4.39 Å².